The fourth-order valence-electron chi connectivity index (χ4n) is 2.92. The Labute approximate surface area is 176 Å². The van der Waals surface area contributed by atoms with Gasteiger partial charge in [0.25, 0.3) is 0 Å². The van der Waals surface area contributed by atoms with Crippen molar-refractivity contribution in [3.8, 4) is 22.6 Å². The summed E-state index contributed by atoms with van der Waals surface area (Å²) in [7, 11) is 1.50. The smallest absolute Gasteiger partial charge is 0.433 e. The monoisotopic (exact) mass is 431 g/mol. The van der Waals surface area contributed by atoms with E-state index in [-0.39, 0.29) is 16.9 Å². The van der Waals surface area contributed by atoms with E-state index in [2.05, 4.69) is 10.4 Å². The highest BCUT2D eigenvalue weighted by molar-refractivity contribution is 6.03. The predicted molar refractivity (Wildman–Crippen MR) is 111 cm³/mol. The maximum absolute atomic E-state index is 13.4. The molecule has 1 heterocycles. The van der Waals surface area contributed by atoms with Crippen molar-refractivity contribution in [2.24, 2.45) is 0 Å². The summed E-state index contributed by atoms with van der Waals surface area (Å²) in [6, 6.07) is 13.0. The van der Waals surface area contributed by atoms with Crippen molar-refractivity contribution in [1.29, 1.82) is 0 Å². The molecule has 3 rings (SSSR count). The van der Waals surface area contributed by atoms with Crippen molar-refractivity contribution in [2.75, 3.05) is 19.0 Å². The third-order valence-electron chi connectivity index (χ3n) is 4.27. The number of aromatic amines is 1. The minimum absolute atomic E-state index is 0.211. The molecule has 0 aliphatic heterocycles. The van der Waals surface area contributed by atoms with E-state index in [0.29, 0.717) is 23.7 Å². The van der Waals surface area contributed by atoms with Crippen molar-refractivity contribution >= 4 is 17.8 Å². The summed E-state index contributed by atoms with van der Waals surface area (Å²) in [4.78, 5) is 12.4. The van der Waals surface area contributed by atoms with Gasteiger partial charge in [0.05, 0.1) is 19.3 Å². The van der Waals surface area contributed by atoms with E-state index in [1.165, 1.54) is 31.4 Å². The molecule has 0 bridgehead atoms. The zero-order valence-corrected chi connectivity index (χ0v) is 16.8. The second-order valence-electron chi connectivity index (χ2n) is 6.35. The molecule has 31 heavy (non-hydrogen) atoms. The van der Waals surface area contributed by atoms with Crippen LogP contribution in [0.25, 0.3) is 17.2 Å². The molecule has 0 aliphatic rings. The van der Waals surface area contributed by atoms with E-state index < -0.39 is 17.8 Å². The molecule has 0 radical (unpaired) electrons. The number of nitrogens with zero attached hydrogens (tertiary/aromatic N) is 1. The van der Waals surface area contributed by atoms with Gasteiger partial charge in [0.2, 0.25) is 5.91 Å². The van der Waals surface area contributed by atoms with Crippen LogP contribution in [0.1, 0.15) is 18.2 Å². The Morgan fingerprint density at radius 1 is 1.16 bits per heavy atom. The van der Waals surface area contributed by atoms with Gasteiger partial charge in [-0.05, 0) is 36.3 Å². The molecule has 0 saturated heterocycles. The van der Waals surface area contributed by atoms with Crippen LogP contribution in [0.4, 0.5) is 19.0 Å². The predicted octanol–water partition coefficient (Wildman–Crippen LogP) is 5.15. The number of anilines is 1. The lowest BCUT2D eigenvalue weighted by molar-refractivity contribution is -0.140. The van der Waals surface area contributed by atoms with Gasteiger partial charge in [-0.1, -0.05) is 36.4 Å². The first-order valence-electron chi connectivity index (χ1n) is 9.34. The minimum atomic E-state index is -4.66. The summed E-state index contributed by atoms with van der Waals surface area (Å²) in [6.07, 6.45) is -1.95. The summed E-state index contributed by atoms with van der Waals surface area (Å²) in [5, 5.41) is 8.06. The Hall–Kier alpha value is -3.75. The van der Waals surface area contributed by atoms with Gasteiger partial charge in [-0.2, -0.15) is 18.3 Å². The molecule has 0 unspecified atom stereocenters. The molecule has 2 aromatic carbocycles. The highest BCUT2D eigenvalue weighted by Gasteiger charge is 2.38. The highest BCUT2D eigenvalue weighted by atomic mass is 19.4. The Morgan fingerprint density at radius 2 is 1.90 bits per heavy atom. The Bertz CT molecular complexity index is 1080. The number of carbonyl (C=O) groups is 1. The summed E-state index contributed by atoms with van der Waals surface area (Å²) < 4.78 is 50.9. The summed E-state index contributed by atoms with van der Waals surface area (Å²) in [6.45, 7) is 2.32. The number of hydrogen-bond donors (Lipinski definition) is 2. The SMILES string of the molecule is CCOc1ccc(/C=C/C(=O)Nc2n[nH]c(C(F)(F)F)c2-c2ccccc2)cc1OC. The highest BCUT2D eigenvalue weighted by Crippen LogP contribution is 2.39. The second-order valence-corrected chi connectivity index (χ2v) is 6.35. The van der Waals surface area contributed by atoms with Gasteiger partial charge in [0.15, 0.2) is 17.3 Å². The zero-order chi connectivity index (χ0) is 22.4. The Morgan fingerprint density at radius 3 is 2.55 bits per heavy atom. The summed E-state index contributed by atoms with van der Waals surface area (Å²) >= 11 is 0. The first-order chi connectivity index (χ1) is 14.8. The fraction of sp³-hybridized carbons (Fsp3) is 0.182. The lowest BCUT2D eigenvalue weighted by Crippen LogP contribution is -2.10. The lowest BCUT2D eigenvalue weighted by Gasteiger charge is -2.10. The molecule has 0 aliphatic carbocycles. The lowest BCUT2D eigenvalue weighted by atomic mass is 10.1. The van der Waals surface area contributed by atoms with Crippen molar-refractivity contribution in [1.82, 2.24) is 10.2 Å². The van der Waals surface area contributed by atoms with Gasteiger partial charge < -0.3 is 14.8 Å². The van der Waals surface area contributed by atoms with Crippen LogP contribution in [0.3, 0.4) is 0 Å². The van der Waals surface area contributed by atoms with E-state index in [9.17, 15) is 18.0 Å². The third-order valence-corrected chi connectivity index (χ3v) is 4.27. The van der Waals surface area contributed by atoms with Crippen LogP contribution >= 0.6 is 0 Å². The van der Waals surface area contributed by atoms with E-state index in [1.54, 1.807) is 36.4 Å². The average molecular weight is 431 g/mol. The fourth-order valence-corrected chi connectivity index (χ4v) is 2.92. The molecule has 0 fully saturated rings. The van der Waals surface area contributed by atoms with Gasteiger partial charge in [-0.3, -0.25) is 9.89 Å². The van der Waals surface area contributed by atoms with Crippen LogP contribution in [0.15, 0.2) is 54.6 Å². The molecule has 0 saturated carbocycles. The minimum Gasteiger partial charge on any atom is -0.493 e. The molecule has 0 spiro atoms. The average Bonchev–Trinajstić information content (AvgIpc) is 3.17. The number of hydrogen-bond acceptors (Lipinski definition) is 4. The first-order valence-corrected chi connectivity index (χ1v) is 9.34. The molecule has 0 atom stereocenters. The number of H-pyrrole nitrogens is 1. The molecule has 162 valence electrons. The maximum Gasteiger partial charge on any atom is 0.433 e. The first kappa shape index (κ1) is 21.9. The topological polar surface area (TPSA) is 76.2 Å². The standard InChI is InChI=1S/C22H20F3N3O3/c1-3-31-16-11-9-14(13-17(16)30-2)10-12-18(29)26-21-19(15-7-5-4-6-8-15)20(27-28-21)22(23,24)25/h4-13H,3H2,1-2H3,(H2,26,27,28,29)/b12-10+. The van der Waals surface area contributed by atoms with Crippen LogP contribution < -0.4 is 14.8 Å². The van der Waals surface area contributed by atoms with Crippen molar-refractivity contribution < 1.29 is 27.4 Å². The maximum atomic E-state index is 13.4. The molecular formula is C22H20F3N3O3. The van der Waals surface area contributed by atoms with Crippen molar-refractivity contribution in [3.05, 3.63) is 65.9 Å². The molecule has 9 heteroatoms. The molecule has 1 amide bonds. The van der Waals surface area contributed by atoms with Crippen LogP contribution in [0.2, 0.25) is 0 Å². The number of ether oxygens (including phenoxy) is 2. The van der Waals surface area contributed by atoms with Gasteiger partial charge in [0, 0.05) is 6.08 Å². The van der Waals surface area contributed by atoms with Crippen LogP contribution in [-0.2, 0) is 11.0 Å². The Kier molecular flexibility index (Phi) is 6.64. The zero-order valence-electron chi connectivity index (χ0n) is 16.8. The van der Waals surface area contributed by atoms with E-state index in [1.807, 2.05) is 12.0 Å². The van der Waals surface area contributed by atoms with Crippen LogP contribution in [-0.4, -0.2) is 29.8 Å². The van der Waals surface area contributed by atoms with Crippen molar-refractivity contribution in [3.63, 3.8) is 0 Å². The van der Waals surface area contributed by atoms with Crippen LogP contribution in [0, 0.1) is 0 Å². The third kappa shape index (κ3) is 5.25. The van der Waals surface area contributed by atoms with E-state index in [4.69, 9.17) is 9.47 Å². The number of amides is 1. The number of rotatable bonds is 7. The quantitative estimate of drug-likeness (QED) is 0.507. The van der Waals surface area contributed by atoms with E-state index >= 15 is 0 Å². The normalized spacial score (nSPS) is 11.5. The summed E-state index contributed by atoms with van der Waals surface area (Å²) in [5.74, 6) is 0.218. The van der Waals surface area contributed by atoms with Gasteiger partial charge in [-0.15, -0.1) is 0 Å². The number of methoxy groups -OCH3 is 1. The van der Waals surface area contributed by atoms with Gasteiger partial charge >= 0.3 is 6.18 Å². The molecule has 3 aromatic rings. The van der Waals surface area contributed by atoms with Gasteiger partial charge in [-0.25, -0.2) is 0 Å². The second kappa shape index (κ2) is 9.38. The van der Waals surface area contributed by atoms with Gasteiger partial charge in [0.1, 0.15) is 5.69 Å². The Balaban J connectivity index is 1.83. The largest absolute Gasteiger partial charge is 0.493 e. The number of carbonyl (C=O) groups excluding carboxylic acids is 1. The number of aromatic nitrogens is 2. The van der Waals surface area contributed by atoms with E-state index in [0.717, 1.165) is 0 Å². The molecule has 2 N–H and O–H groups in total. The van der Waals surface area contributed by atoms with Crippen LogP contribution in [0.5, 0.6) is 11.5 Å². The molecular weight excluding hydrogens is 411 g/mol. The number of nitrogens with one attached hydrogen (secondary N) is 2. The molecule has 1 aromatic heterocycles. The number of halogens is 3. The van der Waals surface area contributed by atoms with Crippen molar-refractivity contribution in [2.45, 2.75) is 13.1 Å². The summed E-state index contributed by atoms with van der Waals surface area (Å²) in [5.41, 5.74) is -0.331. The molecule has 6 nitrogen and oxygen atoms in total. The number of alkyl halides is 3. The number of benzene rings is 2.